The molecule has 6 nitrogen and oxygen atoms in total. The number of hydrogen-bond donors (Lipinski definition) is 0. The van der Waals surface area contributed by atoms with Gasteiger partial charge in [0.25, 0.3) is 0 Å². The van der Waals surface area contributed by atoms with Crippen molar-refractivity contribution >= 4 is 42.4 Å². The first-order chi connectivity index (χ1) is 16.3. The van der Waals surface area contributed by atoms with Gasteiger partial charge in [0, 0.05) is 6.20 Å². The maximum absolute atomic E-state index is 13.5. The van der Waals surface area contributed by atoms with Crippen molar-refractivity contribution in [3.8, 4) is 0 Å². The standard InChI is InChI=1S/C26H27N3O3S2/c1-4-19-10-13-23-24(15-19)33-26(28-23)29(17-21-7-5-6-14-27-21)25(30)16-20-8-11-22(12-9-20)34(31,32)18(2)3/h5-15,18H,4,16-17H2,1-3H3. The third-order valence-electron chi connectivity index (χ3n) is 5.66. The largest absolute Gasteiger partial charge is 0.282 e. The highest BCUT2D eigenvalue weighted by atomic mass is 32.2. The molecule has 176 valence electrons. The molecule has 0 spiro atoms. The van der Waals surface area contributed by atoms with Crippen LogP contribution >= 0.6 is 11.3 Å². The number of anilines is 1. The predicted molar refractivity (Wildman–Crippen MR) is 137 cm³/mol. The molecule has 0 aliphatic rings. The molecular formula is C26H27N3O3S2. The molecule has 1 amide bonds. The van der Waals surface area contributed by atoms with Crippen LogP contribution < -0.4 is 4.90 Å². The molecule has 4 aromatic rings. The number of hydrogen-bond acceptors (Lipinski definition) is 6. The lowest BCUT2D eigenvalue weighted by Gasteiger charge is -2.19. The minimum Gasteiger partial charge on any atom is -0.282 e. The van der Waals surface area contributed by atoms with Crippen LogP contribution in [0.15, 0.2) is 71.8 Å². The fourth-order valence-corrected chi connectivity index (χ4v) is 5.65. The van der Waals surface area contributed by atoms with Gasteiger partial charge in [-0.25, -0.2) is 13.4 Å². The normalized spacial score (nSPS) is 11.8. The third kappa shape index (κ3) is 5.18. The molecule has 34 heavy (non-hydrogen) atoms. The van der Waals surface area contributed by atoms with Crippen molar-refractivity contribution in [2.75, 3.05) is 4.90 Å². The van der Waals surface area contributed by atoms with E-state index in [-0.39, 0.29) is 17.2 Å². The summed E-state index contributed by atoms with van der Waals surface area (Å²) < 4.78 is 25.8. The van der Waals surface area contributed by atoms with Gasteiger partial charge in [0.05, 0.1) is 39.0 Å². The second-order valence-electron chi connectivity index (χ2n) is 8.37. The molecule has 0 fully saturated rings. The zero-order valence-electron chi connectivity index (χ0n) is 19.4. The number of carbonyl (C=O) groups excluding carboxylic acids is 1. The number of fused-ring (bicyclic) bond motifs is 1. The number of aromatic nitrogens is 2. The molecule has 0 aliphatic carbocycles. The molecule has 0 N–H and O–H groups in total. The summed E-state index contributed by atoms with van der Waals surface area (Å²) in [5.74, 6) is -0.125. The van der Waals surface area contributed by atoms with Gasteiger partial charge in [-0.3, -0.25) is 14.7 Å². The van der Waals surface area contributed by atoms with Crippen molar-refractivity contribution in [1.82, 2.24) is 9.97 Å². The molecule has 2 heterocycles. The van der Waals surface area contributed by atoms with Crippen LogP contribution in [0, 0.1) is 0 Å². The lowest BCUT2D eigenvalue weighted by Crippen LogP contribution is -2.32. The topological polar surface area (TPSA) is 80.2 Å². The first-order valence-electron chi connectivity index (χ1n) is 11.2. The van der Waals surface area contributed by atoms with Gasteiger partial charge in [0.1, 0.15) is 0 Å². The van der Waals surface area contributed by atoms with Crippen molar-refractivity contribution in [2.45, 2.75) is 50.3 Å². The van der Waals surface area contributed by atoms with Gasteiger partial charge in [-0.05, 0) is 67.8 Å². The third-order valence-corrected chi connectivity index (χ3v) is 8.87. The van der Waals surface area contributed by atoms with Gasteiger partial charge in [0.15, 0.2) is 15.0 Å². The van der Waals surface area contributed by atoms with Crippen LogP contribution in [-0.2, 0) is 34.0 Å². The molecule has 0 unspecified atom stereocenters. The summed E-state index contributed by atoms with van der Waals surface area (Å²) in [6.45, 7) is 5.73. The maximum atomic E-state index is 13.5. The van der Waals surface area contributed by atoms with Gasteiger partial charge in [-0.15, -0.1) is 0 Å². The van der Waals surface area contributed by atoms with Gasteiger partial charge in [-0.2, -0.15) is 0 Å². The Kier molecular flexibility index (Phi) is 7.09. The minimum absolute atomic E-state index is 0.125. The zero-order chi connectivity index (χ0) is 24.3. The molecular weight excluding hydrogens is 466 g/mol. The number of carbonyl (C=O) groups is 1. The Morgan fingerprint density at radius 2 is 1.76 bits per heavy atom. The van der Waals surface area contributed by atoms with E-state index in [1.54, 1.807) is 49.2 Å². The van der Waals surface area contributed by atoms with E-state index >= 15 is 0 Å². The first kappa shape index (κ1) is 24.0. The maximum Gasteiger partial charge on any atom is 0.233 e. The van der Waals surface area contributed by atoms with Crippen molar-refractivity contribution in [3.05, 3.63) is 83.7 Å². The fraction of sp³-hybridized carbons (Fsp3) is 0.269. The number of benzene rings is 2. The van der Waals surface area contributed by atoms with Gasteiger partial charge in [0.2, 0.25) is 5.91 Å². The smallest absolute Gasteiger partial charge is 0.233 e. The lowest BCUT2D eigenvalue weighted by atomic mass is 10.1. The summed E-state index contributed by atoms with van der Waals surface area (Å²) >= 11 is 1.49. The van der Waals surface area contributed by atoms with Crippen LogP contribution in [0.4, 0.5) is 5.13 Å². The molecule has 0 saturated heterocycles. The van der Waals surface area contributed by atoms with E-state index in [0.717, 1.165) is 27.9 Å². The SMILES string of the molecule is CCc1ccc2nc(N(Cc3ccccn3)C(=O)Cc3ccc(S(=O)(=O)C(C)C)cc3)sc2c1. The van der Waals surface area contributed by atoms with E-state index in [4.69, 9.17) is 4.98 Å². The molecule has 0 atom stereocenters. The lowest BCUT2D eigenvalue weighted by molar-refractivity contribution is -0.118. The number of pyridine rings is 1. The van der Waals surface area contributed by atoms with Crippen molar-refractivity contribution in [2.24, 2.45) is 0 Å². The molecule has 8 heteroatoms. The summed E-state index contributed by atoms with van der Waals surface area (Å²) in [6, 6.07) is 18.3. The Balaban J connectivity index is 1.63. The van der Waals surface area contributed by atoms with E-state index in [1.807, 2.05) is 24.3 Å². The number of amides is 1. The van der Waals surface area contributed by atoms with Crippen LogP contribution in [0.1, 0.15) is 37.6 Å². The van der Waals surface area contributed by atoms with Crippen LogP contribution in [0.3, 0.4) is 0 Å². The Morgan fingerprint density at radius 3 is 2.41 bits per heavy atom. The highest BCUT2D eigenvalue weighted by Crippen LogP contribution is 2.31. The summed E-state index contributed by atoms with van der Waals surface area (Å²) in [6.07, 6.45) is 2.77. The van der Waals surface area contributed by atoms with Gasteiger partial charge >= 0.3 is 0 Å². The van der Waals surface area contributed by atoms with Crippen molar-refractivity contribution in [3.63, 3.8) is 0 Å². The average Bonchev–Trinajstić information content (AvgIpc) is 3.26. The van der Waals surface area contributed by atoms with Crippen LogP contribution in [-0.4, -0.2) is 29.5 Å². The second kappa shape index (κ2) is 10.0. The summed E-state index contributed by atoms with van der Waals surface area (Å²) in [5, 5.41) is 0.124. The molecule has 4 rings (SSSR count). The van der Waals surface area contributed by atoms with Crippen molar-refractivity contribution < 1.29 is 13.2 Å². The number of sulfone groups is 1. The highest BCUT2D eigenvalue weighted by molar-refractivity contribution is 7.92. The summed E-state index contributed by atoms with van der Waals surface area (Å²) in [5.41, 5.74) is 3.59. The molecule has 0 aliphatic heterocycles. The molecule has 0 radical (unpaired) electrons. The Hall–Kier alpha value is -3.10. The second-order valence-corrected chi connectivity index (χ2v) is 11.9. The number of nitrogens with zero attached hydrogens (tertiary/aromatic N) is 3. The zero-order valence-corrected chi connectivity index (χ0v) is 21.1. The monoisotopic (exact) mass is 493 g/mol. The fourth-order valence-electron chi connectivity index (χ4n) is 3.55. The van der Waals surface area contributed by atoms with Crippen LogP contribution in [0.25, 0.3) is 10.2 Å². The van der Waals surface area contributed by atoms with E-state index in [9.17, 15) is 13.2 Å². The molecule has 2 aromatic heterocycles. The first-order valence-corrected chi connectivity index (χ1v) is 13.6. The van der Waals surface area contributed by atoms with Crippen molar-refractivity contribution in [1.29, 1.82) is 0 Å². The quantitative estimate of drug-likeness (QED) is 0.337. The molecule has 0 saturated carbocycles. The Bertz CT molecular complexity index is 1400. The van der Waals surface area contributed by atoms with E-state index in [2.05, 4.69) is 24.0 Å². The minimum atomic E-state index is -3.35. The predicted octanol–water partition coefficient (Wildman–Crippen LogP) is 5.21. The van der Waals surface area contributed by atoms with Crippen LogP contribution in [0.5, 0.6) is 0 Å². The van der Waals surface area contributed by atoms with E-state index < -0.39 is 15.1 Å². The number of thiazole rings is 1. The van der Waals surface area contributed by atoms with Gasteiger partial charge < -0.3 is 0 Å². The number of aryl methyl sites for hydroxylation is 1. The summed E-state index contributed by atoms with van der Waals surface area (Å²) in [7, 11) is -3.35. The Labute approximate surface area is 204 Å². The van der Waals surface area contributed by atoms with E-state index in [0.29, 0.717) is 11.7 Å². The average molecular weight is 494 g/mol. The van der Waals surface area contributed by atoms with Gasteiger partial charge in [-0.1, -0.05) is 42.5 Å². The molecule has 2 aromatic carbocycles. The van der Waals surface area contributed by atoms with E-state index in [1.165, 1.54) is 16.9 Å². The molecule has 0 bridgehead atoms. The van der Waals surface area contributed by atoms with Crippen LogP contribution in [0.2, 0.25) is 0 Å². The Morgan fingerprint density at radius 1 is 1.03 bits per heavy atom. The number of rotatable bonds is 8. The highest BCUT2D eigenvalue weighted by Gasteiger charge is 2.22. The summed E-state index contributed by atoms with van der Waals surface area (Å²) in [4.78, 5) is 24.5.